The van der Waals surface area contributed by atoms with Gasteiger partial charge >= 0.3 is 0 Å². The summed E-state index contributed by atoms with van der Waals surface area (Å²) in [6.45, 7) is 2.79. The van der Waals surface area contributed by atoms with Crippen LogP contribution >= 0.6 is 0 Å². The van der Waals surface area contributed by atoms with Crippen LogP contribution in [0.25, 0.3) is 11.3 Å². The fourth-order valence-corrected chi connectivity index (χ4v) is 3.51. The first-order chi connectivity index (χ1) is 13.1. The molecule has 4 heteroatoms. The molecule has 0 aliphatic carbocycles. The van der Waals surface area contributed by atoms with E-state index in [4.69, 9.17) is 10.5 Å². The molecule has 1 aromatic heterocycles. The summed E-state index contributed by atoms with van der Waals surface area (Å²) in [5.41, 5.74) is 10.4. The Morgan fingerprint density at radius 1 is 1.04 bits per heavy atom. The number of aromatic nitrogens is 1. The average Bonchev–Trinajstić information content (AvgIpc) is 3.02. The van der Waals surface area contributed by atoms with E-state index >= 15 is 0 Å². The van der Waals surface area contributed by atoms with Crippen LogP contribution in [0.3, 0.4) is 0 Å². The van der Waals surface area contributed by atoms with Crippen molar-refractivity contribution in [1.82, 2.24) is 4.57 Å². The van der Waals surface area contributed by atoms with E-state index in [0.717, 1.165) is 48.5 Å². The van der Waals surface area contributed by atoms with Gasteiger partial charge in [-0.1, -0.05) is 42.5 Å². The second kappa shape index (κ2) is 8.58. The lowest BCUT2D eigenvalue weighted by atomic mass is 10.1. The van der Waals surface area contributed by atoms with E-state index in [1.165, 1.54) is 5.56 Å². The van der Waals surface area contributed by atoms with E-state index in [1.54, 1.807) is 7.11 Å². The zero-order valence-corrected chi connectivity index (χ0v) is 15.9. The monoisotopic (exact) mass is 362 g/mol. The molecule has 4 nitrogen and oxygen atoms in total. The van der Waals surface area contributed by atoms with Crippen LogP contribution in [0.4, 0.5) is 0 Å². The summed E-state index contributed by atoms with van der Waals surface area (Å²) in [6.07, 6.45) is 3.15. The minimum atomic E-state index is -0.397. The van der Waals surface area contributed by atoms with Gasteiger partial charge in [0.25, 0.3) is 5.91 Å². The van der Waals surface area contributed by atoms with Crippen molar-refractivity contribution in [3.8, 4) is 17.0 Å². The molecule has 0 bridgehead atoms. The Bertz CT molecular complexity index is 913. The summed E-state index contributed by atoms with van der Waals surface area (Å²) in [4.78, 5) is 11.9. The minimum Gasteiger partial charge on any atom is -0.496 e. The smallest absolute Gasteiger partial charge is 0.250 e. The lowest BCUT2D eigenvalue weighted by Gasteiger charge is -2.14. The lowest BCUT2D eigenvalue weighted by molar-refractivity contribution is 0.0999. The molecular weight excluding hydrogens is 336 g/mol. The second-order valence-electron chi connectivity index (χ2n) is 6.69. The Balaban J connectivity index is 1.83. The van der Waals surface area contributed by atoms with E-state index in [0.29, 0.717) is 5.56 Å². The Hall–Kier alpha value is -3.01. The number of ether oxygens (including phenoxy) is 1. The Morgan fingerprint density at radius 3 is 2.44 bits per heavy atom. The van der Waals surface area contributed by atoms with Gasteiger partial charge in [0.05, 0.1) is 18.4 Å². The number of nitrogens with zero attached hydrogens (tertiary/aromatic N) is 1. The maximum Gasteiger partial charge on any atom is 0.250 e. The van der Waals surface area contributed by atoms with Gasteiger partial charge in [-0.25, -0.2) is 0 Å². The summed E-state index contributed by atoms with van der Waals surface area (Å²) in [5.74, 6) is 0.392. The van der Waals surface area contributed by atoms with E-state index in [-0.39, 0.29) is 0 Å². The first-order valence-corrected chi connectivity index (χ1v) is 9.29. The molecule has 0 saturated carbocycles. The van der Waals surface area contributed by atoms with Crippen LogP contribution in [0.15, 0.2) is 60.7 Å². The molecule has 1 heterocycles. The van der Waals surface area contributed by atoms with Crippen molar-refractivity contribution >= 4 is 5.91 Å². The number of hydrogen-bond donors (Lipinski definition) is 1. The molecule has 140 valence electrons. The summed E-state index contributed by atoms with van der Waals surface area (Å²) in [7, 11) is 1.66. The minimum absolute atomic E-state index is 0.397. The first-order valence-electron chi connectivity index (χ1n) is 9.29. The molecule has 0 fully saturated rings. The zero-order valence-electron chi connectivity index (χ0n) is 15.9. The van der Waals surface area contributed by atoms with Crippen molar-refractivity contribution in [2.75, 3.05) is 7.11 Å². The molecule has 0 atom stereocenters. The fourth-order valence-electron chi connectivity index (χ4n) is 3.51. The van der Waals surface area contributed by atoms with Gasteiger partial charge in [-0.3, -0.25) is 4.79 Å². The number of hydrogen-bond acceptors (Lipinski definition) is 2. The number of rotatable bonds is 8. The topological polar surface area (TPSA) is 57.2 Å². The number of nitrogens with two attached hydrogens (primary N) is 1. The number of para-hydroxylation sites is 1. The van der Waals surface area contributed by atoms with Gasteiger partial charge in [0.15, 0.2) is 0 Å². The molecule has 27 heavy (non-hydrogen) atoms. The molecule has 1 amide bonds. The SMILES string of the molecule is COc1ccccc1-c1cc(C(N)=O)c(C)n1CCCCc1ccccc1. The summed E-state index contributed by atoms with van der Waals surface area (Å²) >= 11 is 0. The van der Waals surface area contributed by atoms with Crippen molar-refractivity contribution in [1.29, 1.82) is 0 Å². The number of primary amides is 1. The van der Waals surface area contributed by atoms with Crippen molar-refractivity contribution in [3.05, 3.63) is 77.5 Å². The van der Waals surface area contributed by atoms with Gasteiger partial charge in [0, 0.05) is 17.8 Å². The molecule has 3 aromatic rings. The maximum absolute atomic E-state index is 11.9. The molecule has 0 spiro atoms. The van der Waals surface area contributed by atoms with Crippen molar-refractivity contribution < 1.29 is 9.53 Å². The third-order valence-corrected chi connectivity index (χ3v) is 4.95. The van der Waals surface area contributed by atoms with E-state index < -0.39 is 5.91 Å². The zero-order chi connectivity index (χ0) is 19.2. The molecule has 0 aliphatic heterocycles. The number of unbranched alkanes of at least 4 members (excludes halogenated alkanes) is 1. The summed E-state index contributed by atoms with van der Waals surface area (Å²) in [5, 5.41) is 0. The first kappa shape index (κ1) is 18.8. The average molecular weight is 362 g/mol. The highest BCUT2D eigenvalue weighted by Crippen LogP contribution is 2.33. The summed E-state index contributed by atoms with van der Waals surface area (Å²) < 4.78 is 7.70. The van der Waals surface area contributed by atoms with Crippen LogP contribution in [-0.4, -0.2) is 17.6 Å². The lowest BCUT2D eigenvalue weighted by Crippen LogP contribution is -2.12. The molecule has 0 unspecified atom stereocenters. The quantitative estimate of drug-likeness (QED) is 0.596. The van der Waals surface area contributed by atoms with Gasteiger partial charge in [0.2, 0.25) is 0 Å². The van der Waals surface area contributed by atoms with Crippen molar-refractivity contribution in [2.45, 2.75) is 32.7 Å². The highest BCUT2D eigenvalue weighted by atomic mass is 16.5. The molecular formula is C23H26N2O2. The van der Waals surface area contributed by atoms with E-state index in [1.807, 2.05) is 43.3 Å². The Kier molecular flexibility index (Phi) is 5.97. The number of aryl methyl sites for hydroxylation is 1. The van der Waals surface area contributed by atoms with Crippen LogP contribution in [0, 0.1) is 6.92 Å². The van der Waals surface area contributed by atoms with E-state index in [9.17, 15) is 4.79 Å². The van der Waals surface area contributed by atoms with Gasteiger partial charge in [-0.15, -0.1) is 0 Å². The van der Waals surface area contributed by atoms with Crippen LogP contribution < -0.4 is 10.5 Å². The predicted octanol–water partition coefficient (Wildman–Crippen LogP) is 4.59. The van der Waals surface area contributed by atoms with Crippen LogP contribution in [0.5, 0.6) is 5.75 Å². The molecule has 0 radical (unpaired) electrons. The fraction of sp³-hybridized carbons (Fsp3) is 0.261. The summed E-state index contributed by atoms with van der Waals surface area (Å²) in [6, 6.07) is 20.2. The number of benzene rings is 2. The predicted molar refractivity (Wildman–Crippen MR) is 109 cm³/mol. The third-order valence-electron chi connectivity index (χ3n) is 4.95. The maximum atomic E-state index is 11.9. The largest absolute Gasteiger partial charge is 0.496 e. The highest BCUT2D eigenvalue weighted by Gasteiger charge is 2.18. The third kappa shape index (κ3) is 4.22. The van der Waals surface area contributed by atoms with Crippen LogP contribution in [0.2, 0.25) is 0 Å². The standard InChI is InChI=1S/C23H26N2O2/c1-17-20(23(24)26)16-21(19-13-6-7-14-22(19)27-2)25(17)15-9-8-12-18-10-4-3-5-11-18/h3-7,10-11,13-14,16H,8-9,12,15H2,1-2H3,(H2,24,26). The molecule has 3 rings (SSSR count). The number of methoxy groups -OCH3 is 1. The Morgan fingerprint density at radius 2 is 1.74 bits per heavy atom. The number of carbonyl (C=O) groups excluding carboxylic acids is 1. The van der Waals surface area contributed by atoms with E-state index in [2.05, 4.69) is 28.8 Å². The number of amides is 1. The second-order valence-corrected chi connectivity index (χ2v) is 6.69. The molecule has 2 aromatic carbocycles. The highest BCUT2D eigenvalue weighted by molar-refractivity contribution is 5.96. The van der Waals surface area contributed by atoms with Gasteiger partial charge < -0.3 is 15.0 Å². The molecule has 0 aliphatic rings. The van der Waals surface area contributed by atoms with Crippen molar-refractivity contribution in [2.24, 2.45) is 5.73 Å². The Labute approximate surface area is 160 Å². The number of carbonyl (C=O) groups is 1. The van der Waals surface area contributed by atoms with Gasteiger partial charge in [-0.05, 0) is 49.9 Å². The van der Waals surface area contributed by atoms with Crippen molar-refractivity contribution in [3.63, 3.8) is 0 Å². The van der Waals surface area contributed by atoms with Gasteiger partial charge in [0.1, 0.15) is 5.75 Å². The normalized spacial score (nSPS) is 10.7. The van der Waals surface area contributed by atoms with Gasteiger partial charge in [-0.2, -0.15) is 0 Å². The molecule has 0 saturated heterocycles. The van der Waals surface area contributed by atoms with Crippen LogP contribution in [0.1, 0.15) is 34.5 Å². The van der Waals surface area contributed by atoms with Crippen LogP contribution in [-0.2, 0) is 13.0 Å². The molecule has 2 N–H and O–H groups in total.